The van der Waals surface area contributed by atoms with E-state index in [-0.39, 0.29) is 5.91 Å². The number of anilines is 1. The second kappa shape index (κ2) is 7.43. The number of carbonyl (C=O) groups is 1. The number of aromatic nitrogens is 3. The van der Waals surface area contributed by atoms with Gasteiger partial charge in [0.15, 0.2) is 0 Å². The van der Waals surface area contributed by atoms with Crippen LogP contribution in [0.3, 0.4) is 0 Å². The lowest BCUT2D eigenvalue weighted by atomic mass is 10.1. The highest BCUT2D eigenvalue weighted by molar-refractivity contribution is 5.89. The summed E-state index contributed by atoms with van der Waals surface area (Å²) in [5.41, 5.74) is 3.00. The van der Waals surface area contributed by atoms with Crippen LogP contribution in [-0.2, 0) is 11.2 Å². The Morgan fingerprint density at radius 3 is 2.59 bits per heavy atom. The summed E-state index contributed by atoms with van der Waals surface area (Å²) in [6.45, 7) is 2.67. The number of carbonyl (C=O) groups excluding carboxylic acids is 1. The van der Waals surface area contributed by atoms with Crippen LogP contribution in [0.1, 0.15) is 5.56 Å². The Hall–Kier alpha value is -3.61. The molecule has 7 nitrogen and oxygen atoms in total. The summed E-state index contributed by atoms with van der Waals surface area (Å²) in [6, 6.07) is 17.8. The largest absolute Gasteiger partial charge is 0.361 e. The Kier molecular flexibility index (Phi) is 4.48. The molecule has 2 aromatic heterocycles. The number of hydrogen-bond acceptors (Lipinski definition) is 5. The van der Waals surface area contributed by atoms with Crippen LogP contribution in [-0.4, -0.2) is 52.1 Å². The molecule has 7 heteroatoms. The lowest BCUT2D eigenvalue weighted by Gasteiger charge is -2.33. The molecule has 0 spiro atoms. The van der Waals surface area contributed by atoms with Gasteiger partial charge in [-0.05, 0) is 28.9 Å². The van der Waals surface area contributed by atoms with E-state index in [4.69, 9.17) is 4.52 Å². The molecule has 0 saturated carbocycles. The van der Waals surface area contributed by atoms with Crippen molar-refractivity contribution in [2.75, 3.05) is 31.1 Å². The minimum Gasteiger partial charge on any atom is -0.361 e. The van der Waals surface area contributed by atoms with Crippen LogP contribution >= 0.6 is 0 Å². The zero-order chi connectivity index (χ0) is 19.6. The number of amides is 1. The second-order valence-electron chi connectivity index (χ2n) is 7.17. The monoisotopic (exact) mass is 387 g/mol. The van der Waals surface area contributed by atoms with Gasteiger partial charge in [0.2, 0.25) is 5.91 Å². The minimum atomic E-state index is 0.146. The predicted octanol–water partition coefficient (Wildman–Crippen LogP) is 3.11. The number of hydrogen-bond donors (Lipinski definition) is 1. The molecule has 0 bridgehead atoms. The van der Waals surface area contributed by atoms with Crippen LogP contribution in [0.25, 0.3) is 22.4 Å². The van der Waals surface area contributed by atoms with E-state index in [2.05, 4.69) is 20.0 Å². The fourth-order valence-corrected chi connectivity index (χ4v) is 3.75. The maximum Gasteiger partial charge on any atom is 0.266 e. The number of aromatic amines is 1. The molecule has 3 heterocycles. The van der Waals surface area contributed by atoms with Gasteiger partial charge in [0.05, 0.1) is 6.42 Å². The number of nitrogens with zero attached hydrogens (tertiary/aromatic N) is 4. The Morgan fingerprint density at radius 2 is 1.76 bits per heavy atom. The minimum absolute atomic E-state index is 0.146. The van der Waals surface area contributed by atoms with Gasteiger partial charge in [0, 0.05) is 48.8 Å². The molecule has 1 saturated heterocycles. The molecule has 1 fully saturated rings. The summed E-state index contributed by atoms with van der Waals surface area (Å²) in [4.78, 5) is 24.5. The highest BCUT2D eigenvalue weighted by Crippen LogP contribution is 2.22. The van der Waals surface area contributed by atoms with E-state index < -0.39 is 0 Å². The summed E-state index contributed by atoms with van der Waals surface area (Å²) < 4.78 is 5.40. The van der Waals surface area contributed by atoms with Gasteiger partial charge >= 0.3 is 0 Å². The maximum absolute atomic E-state index is 12.8. The van der Waals surface area contributed by atoms with Crippen LogP contribution in [0.5, 0.6) is 0 Å². The van der Waals surface area contributed by atoms with Crippen molar-refractivity contribution >= 4 is 22.8 Å². The highest BCUT2D eigenvalue weighted by Gasteiger charge is 2.24. The number of H-pyrrole nitrogens is 1. The SMILES string of the molecule is O=C(Cc1c[nH]c2ccccc12)N1CCN(c2noc(-c3ccccc3)n2)CC1. The van der Waals surface area contributed by atoms with Crippen molar-refractivity contribution in [3.63, 3.8) is 0 Å². The number of rotatable bonds is 4. The lowest BCUT2D eigenvalue weighted by molar-refractivity contribution is -0.130. The maximum atomic E-state index is 12.8. The number of piperazine rings is 1. The number of fused-ring (bicyclic) bond motifs is 1. The molecule has 29 heavy (non-hydrogen) atoms. The van der Waals surface area contributed by atoms with Crippen LogP contribution in [0, 0.1) is 0 Å². The number of nitrogens with one attached hydrogen (secondary N) is 1. The van der Waals surface area contributed by atoms with Crippen molar-refractivity contribution in [1.29, 1.82) is 0 Å². The van der Waals surface area contributed by atoms with E-state index in [1.165, 1.54) is 0 Å². The van der Waals surface area contributed by atoms with Gasteiger partial charge < -0.3 is 19.3 Å². The molecular formula is C22H21N5O2. The summed E-state index contributed by atoms with van der Waals surface area (Å²) in [7, 11) is 0. The molecule has 146 valence electrons. The van der Waals surface area contributed by atoms with Gasteiger partial charge in [-0.1, -0.05) is 36.4 Å². The van der Waals surface area contributed by atoms with Gasteiger partial charge in [-0.25, -0.2) is 0 Å². The van der Waals surface area contributed by atoms with Crippen molar-refractivity contribution < 1.29 is 9.32 Å². The Morgan fingerprint density at radius 1 is 1.00 bits per heavy atom. The predicted molar refractivity (Wildman–Crippen MR) is 111 cm³/mol. The summed E-state index contributed by atoms with van der Waals surface area (Å²) in [5.74, 6) is 1.23. The zero-order valence-corrected chi connectivity index (χ0v) is 15.9. The fraction of sp³-hybridized carbons (Fsp3) is 0.227. The average Bonchev–Trinajstić information content (AvgIpc) is 3.43. The smallest absolute Gasteiger partial charge is 0.266 e. The standard InChI is InChI=1S/C22H21N5O2/c28-20(14-17-15-23-19-9-5-4-8-18(17)19)26-10-12-27(13-11-26)22-24-21(29-25-22)16-6-2-1-3-7-16/h1-9,15,23H,10-14H2. The van der Waals surface area contributed by atoms with Crippen LogP contribution < -0.4 is 4.90 Å². The molecule has 2 aromatic carbocycles. The van der Waals surface area contributed by atoms with Crippen molar-refractivity contribution in [2.45, 2.75) is 6.42 Å². The van der Waals surface area contributed by atoms with E-state index in [1.807, 2.05) is 65.7 Å². The molecule has 1 aliphatic rings. The van der Waals surface area contributed by atoms with Crippen molar-refractivity contribution in [1.82, 2.24) is 20.0 Å². The van der Waals surface area contributed by atoms with E-state index in [0.29, 0.717) is 44.4 Å². The molecule has 4 aromatic rings. The first-order valence-electron chi connectivity index (χ1n) is 9.75. The van der Waals surface area contributed by atoms with Crippen molar-refractivity contribution in [3.8, 4) is 11.5 Å². The van der Waals surface area contributed by atoms with Gasteiger partial charge in [-0.2, -0.15) is 4.98 Å². The Labute approximate surface area is 167 Å². The molecule has 1 aliphatic heterocycles. The summed E-state index contributed by atoms with van der Waals surface area (Å²) in [5, 5.41) is 5.22. The van der Waals surface area contributed by atoms with Crippen LogP contribution in [0.15, 0.2) is 65.3 Å². The molecule has 1 N–H and O–H groups in total. The quantitative estimate of drug-likeness (QED) is 0.582. The Bertz CT molecular complexity index is 1130. The Balaban J connectivity index is 1.21. The molecule has 0 radical (unpaired) electrons. The van der Waals surface area contributed by atoms with Crippen LogP contribution in [0.4, 0.5) is 5.95 Å². The third kappa shape index (κ3) is 3.47. The topological polar surface area (TPSA) is 78.3 Å². The van der Waals surface area contributed by atoms with Gasteiger partial charge in [0.25, 0.3) is 11.8 Å². The normalized spacial score (nSPS) is 14.5. The van der Waals surface area contributed by atoms with Gasteiger partial charge in [-0.15, -0.1) is 0 Å². The van der Waals surface area contributed by atoms with Crippen LogP contribution in [0.2, 0.25) is 0 Å². The zero-order valence-electron chi connectivity index (χ0n) is 15.9. The fourth-order valence-electron chi connectivity index (χ4n) is 3.75. The molecular weight excluding hydrogens is 366 g/mol. The van der Waals surface area contributed by atoms with E-state index in [9.17, 15) is 4.79 Å². The summed E-state index contributed by atoms with van der Waals surface area (Å²) >= 11 is 0. The lowest BCUT2D eigenvalue weighted by Crippen LogP contribution is -2.49. The second-order valence-corrected chi connectivity index (χ2v) is 7.17. The van der Waals surface area contributed by atoms with Crippen molar-refractivity contribution in [3.05, 3.63) is 66.4 Å². The van der Waals surface area contributed by atoms with E-state index >= 15 is 0 Å². The average molecular weight is 387 g/mol. The third-order valence-corrected chi connectivity index (χ3v) is 5.37. The number of benzene rings is 2. The third-order valence-electron chi connectivity index (χ3n) is 5.37. The molecule has 1 amide bonds. The molecule has 0 unspecified atom stereocenters. The van der Waals surface area contributed by atoms with E-state index in [1.54, 1.807) is 0 Å². The van der Waals surface area contributed by atoms with Gasteiger partial charge in [0.1, 0.15) is 0 Å². The first-order chi connectivity index (χ1) is 14.3. The van der Waals surface area contributed by atoms with Crippen molar-refractivity contribution in [2.24, 2.45) is 0 Å². The first-order valence-corrected chi connectivity index (χ1v) is 9.75. The molecule has 0 aliphatic carbocycles. The van der Waals surface area contributed by atoms with Gasteiger partial charge in [-0.3, -0.25) is 4.79 Å². The number of para-hydroxylation sites is 1. The molecule has 0 atom stereocenters. The summed E-state index contributed by atoms with van der Waals surface area (Å²) in [6.07, 6.45) is 2.34. The first kappa shape index (κ1) is 17.5. The molecule has 5 rings (SSSR count). The highest BCUT2D eigenvalue weighted by atomic mass is 16.5. The van der Waals surface area contributed by atoms with E-state index in [0.717, 1.165) is 22.0 Å².